The molecule has 0 fully saturated rings. The van der Waals surface area contributed by atoms with E-state index in [9.17, 15) is 0 Å². The highest BCUT2D eigenvalue weighted by molar-refractivity contribution is 6.70. The Bertz CT molecular complexity index is 274. The van der Waals surface area contributed by atoms with Gasteiger partial charge in [0.05, 0.1) is 0 Å². The number of hydrogen-bond donors (Lipinski definition) is 0. The average Bonchev–Trinajstić information content (AvgIpc) is 2.15. The third-order valence-corrected chi connectivity index (χ3v) is 2.84. The van der Waals surface area contributed by atoms with Gasteiger partial charge in [0, 0.05) is 6.21 Å². The average molecular weight is 239 g/mol. The van der Waals surface area contributed by atoms with E-state index in [-0.39, 0.29) is 0 Å². The lowest BCUT2D eigenvalue weighted by molar-refractivity contribution is 0.421. The first-order chi connectivity index (χ1) is 7.39. The van der Waals surface area contributed by atoms with Gasteiger partial charge >= 0.3 is 0 Å². The van der Waals surface area contributed by atoms with Gasteiger partial charge in [-0.1, -0.05) is 19.4 Å². The molecule has 0 N–H and O–H groups in total. The van der Waals surface area contributed by atoms with E-state index < -0.39 is 8.32 Å². The van der Waals surface area contributed by atoms with Gasteiger partial charge in [-0.15, -0.1) is 0 Å². The fourth-order valence-electron chi connectivity index (χ4n) is 1.20. The van der Waals surface area contributed by atoms with Gasteiger partial charge in [0.15, 0.2) is 5.88 Å². The van der Waals surface area contributed by atoms with Crippen molar-refractivity contribution in [2.24, 2.45) is 4.99 Å². The van der Waals surface area contributed by atoms with Crippen LogP contribution in [0.2, 0.25) is 19.6 Å². The van der Waals surface area contributed by atoms with E-state index in [2.05, 4.69) is 44.2 Å². The standard InChI is InChI=1S/C13H25NOSi/c1-7-9-10-13(8-2)11-14-12(3)15-16(4,5)6/h8,11H,3,7,9-10H2,1-2,4-6H3/b13-8+,14-11?. The van der Waals surface area contributed by atoms with Crippen molar-refractivity contribution in [1.82, 2.24) is 0 Å². The van der Waals surface area contributed by atoms with Crippen LogP contribution in [0.15, 0.2) is 29.1 Å². The highest BCUT2D eigenvalue weighted by Crippen LogP contribution is 2.11. The van der Waals surface area contributed by atoms with Gasteiger partial charge in [-0.25, -0.2) is 4.99 Å². The summed E-state index contributed by atoms with van der Waals surface area (Å²) >= 11 is 0. The van der Waals surface area contributed by atoms with Gasteiger partial charge < -0.3 is 4.43 Å². The van der Waals surface area contributed by atoms with Crippen molar-refractivity contribution >= 4 is 14.5 Å². The van der Waals surface area contributed by atoms with Gasteiger partial charge in [0.25, 0.3) is 0 Å². The summed E-state index contributed by atoms with van der Waals surface area (Å²) in [5, 5.41) is 0. The van der Waals surface area contributed by atoms with Gasteiger partial charge in [-0.05, 0) is 51.6 Å². The maximum Gasteiger partial charge on any atom is 0.244 e. The predicted octanol–water partition coefficient (Wildman–Crippen LogP) is 4.52. The third kappa shape index (κ3) is 8.47. The Labute approximate surface area is 101 Å². The van der Waals surface area contributed by atoms with E-state index in [1.807, 2.05) is 13.1 Å². The van der Waals surface area contributed by atoms with E-state index >= 15 is 0 Å². The zero-order valence-corrected chi connectivity index (χ0v) is 12.3. The number of allylic oxidation sites excluding steroid dienone is 2. The van der Waals surface area contributed by atoms with E-state index in [4.69, 9.17) is 4.43 Å². The molecule has 0 saturated heterocycles. The Kier molecular flexibility index (Phi) is 7.05. The van der Waals surface area contributed by atoms with Crippen LogP contribution in [0.3, 0.4) is 0 Å². The molecule has 0 amide bonds. The second-order valence-corrected chi connectivity index (χ2v) is 9.26. The van der Waals surface area contributed by atoms with Crippen molar-refractivity contribution in [3.05, 3.63) is 24.1 Å². The molecule has 3 heteroatoms. The first kappa shape index (κ1) is 15.2. The lowest BCUT2D eigenvalue weighted by atomic mass is 10.1. The minimum atomic E-state index is -1.56. The van der Waals surface area contributed by atoms with E-state index in [0.29, 0.717) is 5.88 Å². The van der Waals surface area contributed by atoms with Crippen LogP contribution in [0.1, 0.15) is 33.1 Å². The molecule has 0 saturated carbocycles. The molecule has 0 rings (SSSR count). The quantitative estimate of drug-likeness (QED) is 0.364. The molecule has 0 aliphatic carbocycles. The molecule has 0 aliphatic heterocycles. The largest absolute Gasteiger partial charge is 0.532 e. The zero-order chi connectivity index (χ0) is 12.6. The van der Waals surface area contributed by atoms with Crippen LogP contribution in [0.4, 0.5) is 0 Å². The highest BCUT2D eigenvalue weighted by Gasteiger charge is 2.16. The summed E-state index contributed by atoms with van der Waals surface area (Å²) in [6.45, 7) is 14.4. The van der Waals surface area contributed by atoms with Crippen molar-refractivity contribution in [1.29, 1.82) is 0 Å². The normalized spacial score (nSPS) is 13.2. The maximum absolute atomic E-state index is 5.66. The summed E-state index contributed by atoms with van der Waals surface area (Å²) in [6, 6.07) is 0. The summed E-state index contributed by atoms with van der Waals surface area (Å²) in [5.41, 5.74) is 1.25. The molecule has 0 atom stereocenters. The fourth-order valence-corrected chi connectivity index (χ4v) is 1.96. The molecule has 0 radical (unpaired) electrons. The van der Waals surface area contributed by atoms with Crippen molar-refractivity contribution in [3.63, 3.8) is 0 Å². The number of nitrogens with zero attached hydrogens (tertiary/aromatic N) is 1. The van der Waals surface area contributed by atoms with Crippen molar-refractivity contribution in [2.75, 3.05) is 0 Å². The molecule has 92 valence electrons. The molecule has 16 heavy (non-hydrogen) atoms. The Morgan fingerprint density at radius 1 is 1.38 bits per heavy atom. The monoisotopic (exact) mass is 239 g/mol. The Morgan fingerprint density at radius 3 is 2.44 bits per heavy atom. The molecule has 2 nitrogen and oxygen atoms in total. The minimum Gasteiger partial charge on any atom is -0.532 e. The van der Waals surface area contributed by atoms with E-state index in [1.54, 1.807) is 0 Å². The van der Waals surface area contributed by atoms with Crippen LogP contribution in [0, 0.1) is 0 Å². The predicted molar refractivity (Wildman–Crippen MR) is 75.3 cm³/mol. The second kappa shape index (κ2) is 7.44. The van der Waals surface area contributed by atoms with Gasteiger partial charge in [0.1, 0.15) is 0 Å². The first-order valence-corrected chi connectivity index (χ1v) is 9.37. The molecule has 0 aromatic heterocycles. The lowest BCUT2D eigenvalue weighted by Gasteiger charge is -2.18. The summed E-state index contributed by atoms with van der Waals surface area (Å²) in [5.74, 6) is 0.537. The number of rotatable bonds is 7. The molecule has 0 spiro atoms. The molecule has 0 heterocycles. The van der Waals surface area contributed by atoms with Gasteiger partial charge in [-0.3, -0.25) is 0 Å². The summed E-state index contributed by atoms with van der Waals surface area (Å²) < 4.78 is 5.66. The molecule has 0 aliphatic rings. The minimum absolute atomic E-state index is 0.537. The molecule has 0 bridgehead atoms. The second-order valence-electron chi connectivity index (χ2n) is 4.83. The highest BCUT2D eigenvalue weighted by atomic mass is 28.4. The van der Waals surface area contributed by atoms with Crippen molar-refractivity contribution in [2.45, 2.75) is 52.8 Å². The summed E-state index contributed by atoms with van der Waals surface area (Å²) in [4.78, 5) is 4.26. The van der Waals surface area contributed by atoms with Crippen LogP contribution in [0.25, 0.3) is 0 Å². The fraction of sp³-hybridized carbons (Fsp3) is 0.615. The van der Waals surface area contributed by atoms with Crippen molar-refractivity contribution in [3.8, 4) is 0 Å². The summed E-state index contributed by atoms with van der Waals surface area (Å²) in [7, 11) is -1.56. The molecular formula is C13H25NOSi. The van der Waals surface area contributed by atoms with Crippen LogP contribution in [-0.2, 0) is 4.43 Å². The molecule has 0 unspecified atom stereocenters. The van der Waals surface area contributed by atoms with Crippen LogP contribution in [-0.4, -0.2) is 14.5 Å². The van der Waals surface area contributed by atoms with Crippen LogP contribution >= 0.6 is 0 Å². The van der Waals surface area contributed by atoms with Crippen LogP contribution < -0.4 is 0 Å². The summed E-state index contributed by atoms with van der Waals surface area (Å²) in [6.07, 6.45) is 7.46. The topological polar surface area (TPSA) is 21.6 Å². The van der Waals surface area contributed by atoms with Crippen molar-refractivity contribution < 1.29 is 4.43 Å². The SMILES string of the molecule is C=C(N=C/C(=C/C)CCCC)O[Si](C)(C)C. The van der Waals surface area contributed by atoms with E-state index in [0.717, 1.165) is 6.42 Å². The van der Waals surface area contributed by atoms with Gasteiger partial charge in [0.2, 0.25) is 8.32 Å². The Hall–Kier alpha value is -0.833. The third-order valence-electron chi connectivity index (χ3n) is 1.99. The zero-order valence-electron chi connectivity index (χ0n) is 11.3. The lowest BCUT2D eigenvalue weighted by Crippen LogP contribution is -2.24. The maximum atomic E-state index is 5.66. The molecule has 0 aromatic rings. The molecular weight excluding hydrogens is 214 g/mol. The molecule has 0 aromatic carbocycles. The Balaban J connectivity index is 4.20. The van der Waals surface area contributed by atoms with Crippen LogP contribution in [0.5, 0.6) is 0 Å². The first-order valence-electron chi connectivity index (χ1n) is 5.96. The number of hydrogen-bond acceptors (Lipinski definition) is 2. The number of unbranched alkanes of at least 4 members (excludes halogenated alkanes) is 1. The van der Waals surface area contributed by atoms with Gasteiger partial charge in [-0.2, -0.15) is 0 Å². The number of aliphatic imine (C=N–C) groups is 1. The smallest absolute Gasteiger partial charge is 0.244 e. The van der Waals surface area contributed by atoms with E-state index in [1.165, 1.54) is 18.4 Å². The Morgan fingerprint density at radius 2 is 2.00 bits per heavy atom.